The van der Waals surface area contributed by atoms with Gasteiger partial charge in [-0.1, -0.05) is 0 Å². The molecule has 6 heteroatoms. The standard InChI is InChI=1S/C12H15BrN4O/c1-7-12(8(2)17(3)16-7)18-11-4-9(13)6-15-10(11)5-14/h4,6H,5,14H2,1-3H3. The summed E-state index contributed by atoms with van der Waals surface area (Å²) in [5.74, 6) is 1.41. The van der Waals surface area contributed by atoms with Crippen molar-refractivity contribution in [1.29, 1.82) is 0 Å². The van der Waals surface area contributed by atoms with Crippen LogP contribution in [0.25, 0.3) is 0 Å². The monoisotopic (exact) mass is 310 g/mol. The van der Waals surface area contributed by atoms with Crippen LogP contribution < -0.4 is 10.5 Å². The SMILES string of the molecule is Cc1nn(C)c(C)c1Oc1cc(Br)cnc1CN. The van der Waals surface area contributed by atoms with Crippen molar-refractivity contribution in [3.05, 3.63) is 33.8 Å². The molecule has 2 aromatic heterocycles. The number of pyridine rings is 1. The van der Waals surface area contributed by atoms with Crippen LogP contribution in [0.5, 0.6) is 11.5 Å². The lowest BCUT2D eigenvalue weighted by molar-refractivity contribution is 0.464. The number of rotatable bonds is 3. The lowest BCUT2D eigenvalue weighted by Gasteiger charge is -2.10. The highest BCUT2D eigenvalue weighted by atomic mass is 79.9. The minimum absolute atomic E-state index is 0.334. The molecule has 0 radical (unpaired) electrons. The van der Waals surface area contributed by atoms with Crippen molar-refractivity contribution in [2.45, 2.75) is 20.4 Å². The Morgan fingerprint density at radius 2 is 2.17 bits per heavy atom. The Morgan fingerprint density at radius 1 is 1.44 bits per heavy atom. The molecule has 0 spiro atoms. The number of aryl methyl sites for hydroxylation is 2. The fourth-order valence-electron chi connectivity index (χ4n) is 1.70. The van der Waals surface area contributed by atoms with Crippen LogP contribution in [0.3, 0.4) is 0 Å². The molecule has 2 N–H and O–H groups in total. The van der Waals surface area contributed by atoms with Gasteiger partial charge in [0.05, 0.1) is 11.4 Å². The van der Waals surface area contributed by atoms with E-state index >= 15 is 0 Å². The third-order valence-corrected chi connectivity index (χ3v) is 3.18. The summed E-state index contributed by atoms with van der Waals surface area (Å²) in [7, 11) is 1.89. The van der Waals surface area contributed by atoms with Crippen molar-refractivity contribution in [1.82, 2.24) is 14.8 Å². The van der Waals surface area contributed by atoms with Crippen molar-refractivity contribution in [3.8, 4) is 11.5 Å². The third kappa shape index (κ3) is 2.39. The van der Waals surface area contributed by atoms with Crippen LogP contribution in [0.15, 0.2) is 16.7 Å². The highest BCUT2D eigenvalue weighted by molar-refractivity contribution is 9.10. The maximum Gasteiger partial charge on any atom is 0.171 e. The molecule has 18 heavy (non-hydrogen) atoms. The molecular weight excluding hydrogens is 296 g/mol. The van der Waals surface area contributed by atoms with E-state index in [9.17, 15) is 0 Å². The number of nitrogens with two attached hydrogens (primary N) is 1. The number of hydrogen-bond acceptors (Lipinski definition) is 4. The maximum absolute atomic E-state index is 5.91. The predicted molar refractivity (Wildman–Crippen MR) is 72.6 cm³/mol. The quantitative estimate of drug-likeness (QED) is 0.945. The zero-order chi connectivity index (χ0) is 13.3. The lowest BCUT2D eigenvalue weighted by atomic mass is 10.3. The minimum Gasteiger partial charge on any atom is -0.451 e. The molecule has 96 valence electrons. The second-order valence-electron chi connectivity index (χ2n) is 4.03. The summed E-state index contributed by atoms with van der Waals surface area (Å²) in [6.45, 7) is 4.21. The number of halogens is 1. The molecule has 0 saturated carbocycles. The minimum atomic E-state index is 0.334. The van der Waals surface area contributed by atoms with E-state index in [-0.39, 0.29) is 0 Å². The molecule has 0 amide bonds. The van der Waals surface area contributed by atoms with Crippen molar-refractivity contribution in [3.63, 3.8) is 0 Å². The molecular formula is C12H15BrN4O. The molecule has 0 fully saturated rings. The van der Waals surface area contributed by atoms with E-state index in [4.69, 9.17) is 10.5 Å². The Kier molecular flexibility index (Phi) is 3.68. The first-order valence-electron chi connectivity index (χ1n) is 5.55. The average molecular weight is 311 g/mol. The van der Waals surface area contributed by atoms with Gasteiger partial charge in [0.25, 0.3) is 0 Å². The van der Waals surface area contributed by atoms with E-state index in [2.05, 4.69) is 26.0 Å². The number of hydrogen-bond donors (Lipinski definition) is 1. The van der Waals surface area contributed by atoms with Crippen LogP contribution in [0.4, 0.5) is 0 Å². The molecule has 0 bridgehead atoms. The molecule has 0 aliphatic heterocycles. The van der Waals surface area contributed by atoms with E-state index in [1.54, 1.807) is 10.9 Å². The van der Waals surface area contributed by atoms with Crippen LogP contribution in [0, 0.1) is 13.8 Å². The van der Waals surface area contributed by atoms with E-state index in [1.807, 2.05) is 27.0 Å². The first-order valence-corrected chi connectivity index (χ1v) is 6.34. The smallest absolute Gasteiger partial charge is 0.171 e. The molecule has 0 unspecified atom stereocenters. The maximum atomic E-state index is 5.91. The van der Waals surface area contributed by atoms with Gasteiger partial charge in [-0.05, 0) is 35.8 Å². The third-order valence-electron chi connectivity index (χ3n) is 2.75. The van der Waals surface area contributed by atoms with Gasteiger partial charge >= 0.3 is 0 Å². The summed E-state index contributed by atoms with van der Waals surface area (Å²) in [6, 6.07) is 1.86. The summed E-state index contributed by atoms with van der Waals surface area (Å²) in [5, 5.41) is 4.31. The predicted octanol–water partition coefficient (Wildman–Crippen LogP) is 2.45. The molecule has 0 saturated heterocycles. The molecule has 0 aliphatic rings. The van der Waals surface area contributed by atoms with Gasteiger partial charge in [-0.15, -0.1) is 0 Å². The first kappa shape index (κ1) is 13.0. The van der Waals surface area contributed by atoms with Crippen LogP contribution >= 0.6 is 15.9 Å². The van der Waals surface area contributed by atoms with Gasteiger partial charge in [-0.3, -0.25) is 9.67 Å². The molecule has 2 aromatic rings. The lowest BCUT2D eigenvalue weighted by Crippen LogP contribution is -2.03. The second kappa shape index (κ2) is 5.07. The second-order valence-corrected chi connectivity index (χ2v) is 4.94. The van der Waals surface area contributed by atoms with Crippen molar-refractivity contribution in [2.75, 3.05) is 0 Å². The highest BCUT2D eigenvalue weighted by Crippen LogP contribution is 2.31. The van der Waals surface area contributed by atoms with E-state index in [1.165, 1.54) is 0 Å². The van der Waals surface area contributed by atoms with Gasteiger partial charge < -0.3 is 10.5 Å². The van der Waals surface area contributed by atoms with Crippen LogP contribution in [0.2, 0.25) is 0 Å². The molecule has 2 rings (SSSR count). The van der Waals surface area contributed by atoms with E-state index in [0.717, 1.165) is 27.3 Å². The van der Waals surface area contributed by atoms with Gasteiger partial charge in [-0.25, -0.2) is 0 Å². The fourth-order valence-corrected chi connectivity index (χ4v) is 2.01. The molecule has 5 nitrogen and oxygen atoms in total. The summed E-state index contributed by atoms with van der Waals surface area (Å²) in [6.07, 6.45) is 1.71. The summed E-state index contributed by atoms with van der Waals surface area (Å²) < 4.78 is 8.55. The highest BCUT2D eigenvalue weighted by Gasteiger charge is 2.14. The van der Waals surface area contributed by atoms with E-state index in [0.29, 0.717) is 12.3 Å². The van der Waals surface area contributed by atoms with E-state index < -0.39 is 0 Å². The summed E-state index contributed by atoms with van der Waals surface area (Å²) >= 11 is 3.38. The van der Waals surface area contributed by atoms with Crippen molar-refractivity contribution >= 4 is 15.9 Å². The summed E-state index contributed by atoms with van der Waals surface area (Å²) in [4.78, 5) is 4.23. The number of ether oxygens (including phenoxy) is 1. The van der Waals surface area contributed by atoms with Gasteiger partial charge in [0.2, 0.25) is 0 Å². The van der Waals surface area contributed by atoms with Gasteiger partial charge in [0.15, 0.2) is 11.5 Å². The van der Waals surface area contributed by atoms with Crippen LogP contribution in [-0.4, -0.2) is 14.8 Å². The Labute approximate surface area is 114 Å². The zero-order valence-electron chi connectivity index (χ0n) is 10.6. The van der Waals surface area contributed by atoms with Crippen molar-refractivity contribution < 1.29 is 4.74 Å². The van der Waals surface area contributed by atoms with Gasteiger partial charge in [-0.2, -0.15) is 5.10 Å². The number of aromatic nitrogens is 3. The Balaban J connectivity index is 2.42. The normalized spacial score (nSPS) is 10.7. The molecule has 2 heterocycles. The van der Waals surface area contributed by atoms with Crippen LogP contribution in [-0.2, 0) is 13.6 Å². The zero-order valence-corrected chi connectivity index (χ0v) is 12.2. The Morgan fingerprint density at radius 3 is 2.72 bits per heavy atom. The summed E-state index contributed by atoms with van der Waals surface area (Å²) in [5.41, 5.74) is 8.19. The topological polar surface area (TPSA) is 66.0 Å². The molecule has 0 atom stereocenters. The fraction of sp³-hybridized carbons (Fsp3) is 0.333. The molecule has 0 aliphatic carbocycles. The van der Waals surface area contributed by atoms with Gasteiger partial charge in [0, 0.05) is 24.3 Å². The van der Waals surface area contributed by atoms with Gasteiger partial charge in [0.1, 0.15) is 5.69 Å². The largest absolute Gasteiger partial charge is 0.451 e. The van der Waals surface area contributed by atoms with Crippen molar-refractivity contribution in [2.24, 2.45) is 12.8 Å². The first-order chi connectivity index (χ1) is 8.52. The average Bonchev–Trinajstić information content (AvgIpc) is 2.56. The number of nitrogens with zero attached hydrogens (tertiary/aromatic N) is 3. The Hall–Kier alpha value is -1.40. The van der Waals surface area contributed by atoms with Crippen LogP contribution in [0.1, 0.15) is 17.1 Å². The molecule has 0 aromatic carbocycles. The Bertz CT molecular complexity index is 580.